The summed E-state index contributed by atoms with van der Waals surface area (Å²) in [5.74, 6) is -0.488. The SMILES string of the molecule is CCN(CC)C(=O)C1=C(C)N=c2s/c(=C3/C(=O)Nc4ccc(C)cc43)c(=O)n2[C@@H]1c1ccc(Cl)cc1. The van der Waals surface area contributed by atoms with Crippen molar-refractivity contribution in [2.45, 2.75) is 33.7 Å². The van der Waals surface area contributed by atoms with Crippen molar-refractivity contribution in [2.24, 2.45) is 4.99 Å². The number of likely N-dealkylation sites (N-methyl/N-ethyl adjacent to an activating group) is 1. The quantitative estimate of drug-likeness (QED) is 0.572. The van der Waals surface area contributed by atoms with Crippen molar-refractivity contribution in [1.82, 2.24) is 9.47 Å². The van der Waals surface area contributed by atoms with Gasteiger partial charge in [0.05, 0.1) is 22.9 Å². The molecule has 3 aromatic rings. The number of nitrogens with one attached hydrogen (secondary N) is 1. The number of carbonyl (C=O) groups excluding carboxylic acids is 2. The number of hydrogen-bond donors (Lipinski definition) is 1. The molecule has 0 bridgehead atoms. The molecule has 0 spiro atoms. The van der Waals surface area contributed by atoms with Gasteiger partial charge in [0.25, 0.3) is 17.4 Å². The molecular formula is C27H25ClN4O3S. The van der Waals surface area contributed by atoms with Crippen LogP contribution in [-0.2, 0) is 9.59 Å². The molecule has 9 heteroatoms. The lowest BCUT2D eigenvalue weighted by Crippen LogP contribution is -2.43. The van der Waals surface area contributed by atoms with Gasteiger partial charge in [-0.3, -0.25) is 19.0 Å². The Kier molecular flexibility index (Phi) is 6.18. The van der Waals surface area contributed by atoms with E-state index in [2.05, 4.69) is 10.3 Å². The molecule has 184 valence electrons. The summed E-state index contributed by atoms with van der Waals surface area (Å²) in [6.45, 7) is 8.64. The summed E-state index contributed by atoms with van der Waals surface area (Å²) in [4.78, 5) is 47.5. The van der Waals surface area contributed by atoms with Gasteiger partial charge in [-0.1, -0.05) is 46.7 Å². The number of amides is 2. The van der Waals surface area contributed by atoms with Crippen LogP contribution in [0.1, 0.15) is 43.5 Å². The van der Waals surface area contributed by atoms with Crippen LogP contribution in [0.25, 0.3) is 5.57 Å². The number of allylic oxidation sites excluding steroid dienone is 1. The lowest BCUT2D eigenvalue weighted by molar-refractivity contribution is -0.127. The van der Waals surface area contributed by atoms with Crippen molar-refractivity contribution >= 4 is 46.0 Å². The van der Waals surface area contributed by atoms with Crippen LogP contribution in [0.3, 0.4) is 0 Å². The van der Waals surface area contributed by atoms with Gasteiger partial charge in [-0.15, -0.1) is 0 Å². The van der Waals surface area contributed by atoms with Crippen molar-refractivity contribution in [3.8, 4) is 0 Å². The van der Waals surface area contributed by atoms with E-state index in [0.717, 1.165) is 11.1 Å². The largest absolute Gasteiger partial charge is 0.339 e. The number of nitrogens with zero attached hydrogens (tertiary/aromatic N) is 3. The molecule has 2 aliphatic heterocycles. The second-order valence-electron chi connectivity index (χ2n) is 8.81. The fraction of sp³-hybridized carbons (Fsp3) is 0.259. The van der Waals surface area contributed by atoms with E-state index in [4.69, 9.17) is 11.6 Å². The Morgan fingerprint density at radius 1 is 1.11 bits per heavy atom. The molecule has 0 unspecified atom stereocenters. The number of halogens is 1. The van der Waals surface area contributed by atoms with Crippen molar-refractivity contribution in [2.75, 3.05) is 18.4 Å². The highest BCUT2D eigenvalue weighted by Crippen LogP contribution is 2.33. The maximum Gasteiger partial charge on any atom is 0.271 e. The predicted octanol–water partition coefficient (Wildman–Crippen LogP) is 3.39. The molecule has 1 N–H and O–H groups in total. The van der Waals surface area contributed by atoms with Gasteiger partial charge < -0.3 is 10.2 Å². The minimum atomic E-state index is -0.692. The van der Waals surface area contributed by atoms with Crippen molar-refractivity contribution in [3.63, 3.8) is 0 Å². The van der Waals surface area contributed by atoms with E-state index in [9.17, 15) is 14.4 Å². The summed E-state index contributed by atoms with van der Waals surface area (Å²) in [5.41, 5.74) is 4.08. The first kappa shape index (κ1) is 24.2. The second-order valence-corrected chi connectivity index (χ2v) is 10.2. The van der Waals surface area contributed by atoms with Crippen LogP contribution in [-0.4, -0.2) is 34.4 Å². The Balaban J connectivity index is 1.82. The van der Waals surface area contributed by atoms with Crippen LogP contribution in [0.4, 0.5) is 5.69 Å². The third kappa shape index (κ3) is 3.81. The van der Waals surface area contributed by atoms with Crippen LogP contribution in [0.2, 0.25) is 5.02 Å². The molecule has 0 saturated heterocycles. The van der Waals surface area contributed by atoms with Crippen molar-refractivity contribution in [1.29, 1.82) is 0 Å². The van der Waals surface area contributed by atoms with Gasteiger partial charge in [-0.05, 0) is 57.5 Å². The lowest BCUT2D eigenvalue weighted by atomic mass is 9.94. The molecule has 0 aliphatic carbocycles. The van der Waals surface area contributed by atoms with Gasteiger partial charge >= 0.3 is 0 Å². The maximum atomic E-state index is 14.0. The summed E-state index contributed by atoms with van der Waals surface area (Å²) < 4.78 is 1.85. The highest BCUT2D eigenvalue weighted by molar-refractivity contribution is 7.07. The van der Waals surface area contributed by atoms with E-state index < -0.39 is 6.04 Å². The molecule has 0 radical (unpaired) electrons. The van der Waals surface area contributed by atoms with Crippen LogP contribution >= 0.6 is 22.9 Å². The maximum absolute atomic E-state index is 14.0. The summed E-state index contributed by atoms with van der Waals surface area (Å²) >= 11 is 7.32. The van der Waals surface area contributed by atoms with Gasteiger partial charge in [-0.25, -0.2) is 4.99 Å². The average molecular weight is 521 g/mol. The van der Waals surface area contributed by atoms with Gasteiger partial charge in [-0.2, -0.15) is 0 Å². The Hall–Kier alpha value is -3.49. The number of fused-ring (bicyclic) bond motifs is 2. The molecule has 2 amide bonds. The molecule has 7 nitrogen and oxygen atoms in total. The molecular weight excluding hydrogens is 496 g/mol. The minimum Gasteiger partial charge on any atom is -0.339 e. The van der Waals surface area contributed by atoms with Gasteiger partial charge in [0.1, 0.15) is 4.53 Å². The molecule has 0 fully saturated rings. The van der Waals surface area contributed by atoms with Gasteiger partial charge in [0.2, 0.25) is 0 Å². The monoisotopic (exact) mass is 520 g/mol. The van der Waals surface area contributed by atoms with E-state index in [0.29, 0.717) is 55.5 Å². The van der Waals surface area contributed by atoms with Gasteiger partial charge in [0, 0.05) is 29.4 Å². The number of hydrogen-bond acceptors (Lipinski definition) is 5. The first-order valence-electron chi connectivity index (χ1n) is 11.8. The van der Waals surface area contributed by atoms with Crippen LogP contribution in [0.5, 0.6) is 0 Å². The Bertz CT molecular complexity index is 1630. The van der Waals surface area contributed by atoms with E-state index >= 15 is 0 Å². The molecule has 1 atom stereocenters. The average Bonchev–Trinajstić information content (AvgIpc) is 3.34. The summed E-state index contributed by atoms with van der Waals surface area (Å²) in [5, 5.41) is 3.42. The zero-order chi connectivity index (χ0) is 25.7. The highest BCUT2D eigenvalue weighted by atomic mass is 35.5. The first-order valence-corrected chi connectivity index (χ1v) is 13.0. The number of aryl methyl sites for hydroxylation is 1. The van der Waals surface area contributed by atoms with Crippen LogP contribution in [0.15, 0.2) is 63.5 Å². The number of benzene rings is 2. The van der Waals surface area contributed by atoms with Crippen LogP contribution in [0, 0.1) is 6.92 Å². The Morgan fingerprint density at radius 2 is 1.81 bits per heavy atom. The zero-order valence-electron chi connectivity index (χ0n) is 20.4. The smallest absolute Gasteiger partial charge is 0.271 e. The molecule has 1 aromatic heterocycles. The Labute approximate surface area is 217 Å². The number of thiazole rings is 1. The van der Waals surface area contributed by atoms with Crippen molar-refractivity contribution in [3.05, 3.63) is 95.1 Å². The van der Waals surface area contributed by atoms with E-state index in [-0.39, 0.29) is 17.4 Å². The zero-order valence-corrected chi connectivity index (χ0v) is 22.0. The fourth-order valence-corrected chi connectivity index (χ4v) is 6.06. The molecule has 5 rings (SSSR count). The number of aromatic nitrogens is 1. The fourth-order valence-electron chi connectivity index (χ4n) is 4.79. The van der Waals surface area contributed by atoms with E-state index in [1.54, 1.807) is 28.5 Å². The normalized spacial score (nSPS) is 17.9. The molecule has 36 heavy (non-hydrogen) atoms. The van der Waals surface area contributed by atoms with Gasteiger partial charge in [0.15, 0.2) is 4.80 Å². The van der Waals surface area contributed by atoms with E-state index in [1.807, 2.05) is 51.1 Å². The minimum absolute atomic E-state index is 0.168. The topological polar surface area (TPSA) is 83.8 Å². The second kappa shape index (κ2) is 9.19. The third-order valence-electron chi connectivity index (χ3n) is 6.61. The first-order chi connectivity index (χ1) is 17.2. The summed E-state index contributed by atoms with van der Waals surface area (Å²) in [6.07, 6.45) is 0. The molecule has 0 saturated carbocycles. The molecule has 3 heterocycles. The Morgan fingerprint density at radius 3 is 2.47 bits per heavy atom. The molecule has 2 aromatic carbocycles. The number of carbonyl (C=O) groups is 2. The third-order valence-corrected chi connectivity index (χ3v) is 7.92. The standard InChI is InChI=1S/C27H25ClN4O3S/c1-5-31(6-2)25(34)20-15(4)29-27-32(22(20)16-8-10-17(28)11-9-16)26(35)23(36-27)21-18-13-14(3)7-12-19(18)30-24(21)33/h7-13,22H,5-6H2,1-4H3,(H,30,33)/b23-21+/t22-/m1/s1. The number of anilines is 1. The lowest BCUT2D eigenvalue weighted by Gasteiger charge is -2.29. The van der Waals surface area contributed by atoms with E-state index in [1.165, 1.54) is 11.3 Å². The van der Waals surface area contributed by atoms with Crippen molar-refractivity contribution < 1.29 is 9.59 Å². The number of rotatable bonds is 4. The highest BCUT2D eigenvalue weighted by Gasteiger charge is 2.35. The summed E-state index contributed by atoms with van der Waals surface area (Å²) in [6, 6.07) is 12.1. The summed E-state index contributed by atoms with van der Waals surface area (Å²) in [7, 11) is 0. The van der Waals surface area contributed by atoms with Crippen LogP contribution < -0.4 is 20.2 Å². The molecule has 2 aliphatic rings. The predicted molar refractivity (Wildman–Crippen MR) is 142 cm³/mol.